The van der Waals surface area contributed by atoms with Crippen LogP contribution in [0.25, 0.3) is 22.3 Å². The summed E-state index contributed by atoms with van der Waals surface area (Å²) in [6, 6.07) is 12.1. The molecule has 0 aliphatic carbocycles. The molecule has 2 aromatic carbocycles. The molecule has 3 N–H and O–H groups in total. The zero-order valence-corrected chi connectivity index (χ0v) is 16.2. The molecule has 30 heavy (non-hydrogen) atoms. The minimum Gasteiger partial charge on any atom is -0.493 e. The van der Waals surface area contributed by atoms with E-state index in [0.717, 1.165) is 12.8 Å². The smallest absolute Gasteiger partial charge is 0.296 e. The molecule has 1 amide bonds. The highest BCUT2D eigenvalue weighted by molar-refractivity contribution is 5.88. The number of hydrogen-bond donors (Lipinski definition) is 2. The van der Waals surface area contributed by atoms with Gasteiger partial charge in [0.15, 0.2) is 0 Å². The number of rotatable bonds is 7. The van der Waals surface area contributed by atoms with Crippen LogP contribution in [0.3, 0.4) is 0 Å². The monoisotopic (exact) mass is 405 g/mol. The van der Waals surface area contributed by atoms with E-state index < -0.39 is 11.6 Å². The number of nitrogens with two attached hydrogens (primary N) is 1. The van der Waals surface area contributed by atoms with Crippen molar-refractivity contribution >= 4 is 16.8 Å². The van der Waals surface area contributed by atoms with E-state index in [2.05, 4.69) is 37.6 Å². The van der Waals surface area contributed by atoms with Crippen LogP contribution >= 0.6 is 0 Å². The number of benzene rings is 2. The summed E-state index contributed by atoms with van der Waals surface area (Å²) in [5, 5.41) is 14.6. The fourth-order valence-electron chi connectivity index (χ4n) is 3.14. The van der Waals surface area contributed by atoms with Gasteiger partial charge in [0.1, 0.15) is 11.6 Å². The van der Waals surface area contributed by atoms with Crippen molar-refractivity contribution in [2.45, 2.75) is 25.4 Å². The van der Waals surface area contributed by atoms with E-state index in [1.165, 1.54) is 6.07 Å². The third-order valence-corrected chi connectivity index (χ3v) is 4.77. The number of primary amides is 1. The van der Waals surface area contributed by atoms with Crippen molar-refractivity contribution in [1.82, 2.24) is 9.97 Å². The lowest BCUT2D eigenvalue weighted by molar-refractivity contribution is -0.123. The normalized spacial score (nSPS) is 14.3. The second kappa shape index (κ2) is 7.82. The molecule has 0 bridgehead atoms. The van der Waals surface area contributed by atoms with E-state index in [1.54, 1.807) is 12.1 Å². The number of hydrogen-bond acceptors (Lipinski definition) is 8. The first-order chi connectivity index (χ1) is 14.5. The molecule has 4 rings (SSSR count). The van der Waals surface area contributed by atoms with Crippen LogP contribution in [0.2, 0.25) is 0 Å². The number of nitrogens with zero attached hydrogens (tertiary/aromatic N) is 5. The Labute approximate surface area is 170 Å². The van der Waals surface area contributed by atoms with Crippen LogP contribution < -0.4 is 16.0 Å². The Kier molecular flexibility index (Phi) is 5.05. The van der Waals surface area contributed by atoms with Gasteiger partial charge in [-0.2, -0.15) is 0 Å². The van der Waals surface area contributed by atoms with Gasteiger partial charge in [0.25, 0.3) is 17.1 Å². The minimum atomic E-state index is -1.76. The third-order valence-electron chi connectivity index (χ3n) is 4.77. The molecule has 0 saturated heterocycles. The predicted molar refractivity (Wildman–Crippen MR) is 109 cm³/mol. The van der Waals surface area contributed by atoms with Crippen molar-refractivity contribution in [1.29, 1.82) is 0 Å². The lowest BCUT2D eigenvalue weighted by Crippen LogP contribution is -2.36. The third kappa shape index (κ3) is 3.32. The summed E-state index contributed by atoms with van der Waals surface area (Å²) in [7, 11) is 0. The van der Waals surface area contributed by atoms with E-state index in [1.807, 2.05) is 24.3 Å². The Hall–Kier alpha value is -3.95. The van der Waals surface area contributed by atoms with E-state index in [9.17, 15) is 9.59 Å². The molecule has 0 spiro atoms. The number of amides is 1. The number of ether oxygens (including phenoxy) is 1. The SMILES string of the molecule is CCCCOc1ccccc1-c1nc2ccc(C3(C(N)=O)N=NN=N3)cc2c(=O)[nH]1. The molecular formula is C20H19N7O3. The average Bonchev–Trinajstić information content (AvgIpc) is 3.25. The summed E-state index contributed by atoms with van der Waals surface area (Å²) in [5.74, 6) is 0.188. The van der Waals surface area contributed by atoms with E-state index in [4.69, 9.17) is 10.5 Å². The molecule has 0 atom stereocenters. The average molecular weight is 405 g/mol. The van der Waals surface area contributed by atoms with Gasteiger partial charge in [-0.25, -0.2) is 4.98 Å². The van der Waals surface area contributed by atoms with Gasteiger partial charge in [-0.1, -0.05) is 31.5 Å². The van der Waals surface area contributed by atoms with Crippen LogP contribution in [0.1, 0.15) is 25.3 Å². The van der Waals surface area contributed by atoms with Crippen LogP contribution in [0, 0.1) is 0 Å². The summed E-state index contributed by atoms with van der Waals surface area (Å²) >= 11 is 0. The van der Waals surface area contributed by atoms with Gasteiger partial charge < -0.3 is 15.5 Å². The van der Waals surface area contributed by atoms with Crippen molar-refractivity contribution in [2.24, 2.45) is 26.4 Å². The number of aromatic nitrogens is 2. The van der Waals surface area contributed by atoms with E-state index in [0.29, 0.717) is 29.3 Å². The molecule has 0 radical (unpaired) electrons. The first kappa shape index (κ1) is 19.4. The summed E-state index contributed by atoms with van der Waals surface area (Å²) in [6.07, 6.45) is 1.94. The van der Waals surface area contributed by atoms with Gasteiger partial charge in [0.05, 0.1) is 23.1 Å². The Morgan fingerprint density at radius 3 is 2.67 bits per heavy atom. The summed E-state index contributed by atoms with van der Waals surface area (Å²) in [5.41, 5.74) is 4.71. The number of H-pyrrole nitrogens is 1. The quantitative estimate of drug-likeness (QED) is 0.580. The van der Waals surface area contributed by atoms with Gasteiger partial charge in [-0.05, 0) is 41.1 Å². The van der Waals surface area contributed by atoms with Crippen molar-refractivity contribution in [2.75, 3.05) is 6.61 Å². The lowest BCUT2D eigenvalue weighted by Gasteiger charge is -2.16. The minimum absolute atomic E-state index is 0.263. The van der Waals surface area contributed by atoms with Crippen LogP contribution in [-0.2, 0) is 10.5 Å². The van der Waals surface area contributed by atoms with E-state index >= 15 is 0 Å². The van der Waals surface area contributed by atoms with Crippen LogP contribution in [0.15, 0.2) is 67.9 Å². The van der Waals surface area contributed by atoms with Crippen LogP contribution in [0.4, 0.5) is 0 Å². The van der Waals surface area contributed by atoms with Gasteiger partial charge in [0, 0.05) is 5.56 Å². The lowest BCUT2D eigenvalue weighted by atomic mass is 9.98. The van der Waals surface area contributed by atoms with Crippen LogP contribution in [0.5, 0.6) is 5.75 Å². The first-order valence-electron chi connectivity index (χ1n) is 9.46. The predicted octanol–water partition coefficient (Wildman–Crippen LogP) is 3.24. The Morgan fingerprint density at radius 1 is 1.17 bits per heavy atom. The molecular weight excluding hydrogens is 386 g/mol. The fraction of sp³-hybridized carbons (Fsp3) is 0.250. The zero-order valence-electron chi connectivity index (χ0n) is 16.2. The van der Waals surface area contributed by atoms with Gasteiger partial charge >= 0.3 is 0 Å². The molecule has 152 valence electrons. The molecule has 0 saturated carbocycles. The van der Waals surface area contributed by atoms with Crippen molar-refractivity contribution in [3.05, 3.63) is 58.4 Å². The Morgan fingerprint density at radius 2 is 1.93 bits per heavy atom. The summed E-state index contributed by atoms with van der Waals surface area (Å²) in [6.45, 7) is 2.66. The second-order valence-electron chi connectivity index (χ2n) is 6.76. The maximum Gasteiger partial charge on any atom is 0.296 e. The molecule has 1 aromatic heterocycles. The fourth-order valence-corrected chi connectivity index (χ4v) is 3.14. The Balaban J connectivity index is 1.78. The molecule has 0 unspecified atom stereocenters. The molecule has 2 heterocycles. The topological polar surface area (TPSA) is 148 Å². The number of nitrogens with one attached hydrogen (secondary N) is 1. The highest BCUT2D eigenvalue weighted by Gasteiger charge is 2.42. The maximum absolute atomic E-state index is 12.8. The van der Waals surface area contributed by atoms with Gasteiger partial charge in [-0.15, -0.1) is 10.2 Å². The molecule has 10 nitrogen and oxygen atoms in total. The van der Waals surface area contributed by atoms with Gasteiger partial charge in [0.2, 0.25) is 0 Å². The number of carbonyl (C=O) groups excluding carboxylic acids is 1. The van der Waals surface area contributed by atoms with Crippen molar-refractivity contribution in [3.63, 3.8) is 0 Å². The number of unbranched alkanes of at least 4 members (excludes halogenated alkanes) is 1. The summed E-state index contributed by atoms with van der Waals surface area (Å²) < 4.78 is 5.85. The zero-order chi connectivity index (χ0) is 21.1. The summed E-state index contributed by atoms with van der Waals surface area (Å²) in [4.78, 5) is 32.1. The Bertz CT molecular complexity index is 1220. The maximum atomic E-state index is 12.8. The molecule has 10 heteroatoms. The van der Waals surface area contributed by atoms with Crippen molar-refractivity contribution in [3.8, 4) is 17.1 Å². The highest BCUT2D eigenvalue weighted by atomic mass is 16.5. The largest absolute Gasteiger partial charge is 0.493 e. The number of carbonyl (C=O) groups is 1. The van der Waals surface area contributed by atoms with Gasteiger partial charge in [-0.3, -0.25) is 9.59 Å². The first-order valence-corrected chi connectivity index (χ1v) is 9.46. The number of para-hydroxylation sites is 1. The standard InChI is InChI=1S/C20H19N7O3/c1-2-3-10-30-16-7-5-4-6-13(16)17-22-15-9-8-12(11-14(15)18(28)23-17)20(19(21)29)24-26-27-25-20/h4-9,11H,2-3,10H2,1H3,(H2,21,29)(H,22,23,28). The highest BCUT2D eigenvalue weighted by Crippen LogP contribution is 2.33. The number of fused-ring (bicyclic) bond motifs is 1. The second-order valence-corrected chi connectivity index (χ2v) is 6.76. The van der Waals surface area contributed by atoms with E-state index in [-0.39, 0.29) is 16.5 Å². The van der Waals surface area contributed by atoms with Crippen LogP contribution in [-0.4, -0.2) is 22.5 Å². The molecule has 1 aliphatic rings. The van der Waals surface area contributed by atoms with Crippen molar-refractivity contribution < 1.29 is 9.53 Å². The molecule has 3 aromatic rings. The molecule has 0 fully saturated rings. The number of aromatic amines is 1. The molecule has 1 aliphatic heterocycles.